The summed E-state index contributed by atoms with van der Waals surface area (Å²) < 4.78 is 2.72. The van der Waals surface area contributed by atoms with Crippen LogP contribution in [0.4, 0.5) is 28.4 Å². The third-order valence-corrected chi connectivity index (χ3v) is 19.9. The van der Waals surface area contributed by atoms with Gasteiger partial charge in [0, 0.05) is 48.8 Å². The Kier molecular flexibility index (Phi) is 11.5. The average molecular weight is 956 g/mol. The molecule has 2 heterocycles. The number of anilines is 5. The quantitative estimate of drug-likeness (QED) is 0.115. The second-order valence-electron chi connectivity index (χ2n) is 26.7. The summed E-state index contributed by atoms with van der Waals surface area (Å²) in [7, 11) is 2.61. The predicted octanol–water partition coefficient (Wildman–Crippen LogP) is 18.4. The van der Waals surface area contributed by atoms with Crippen LogP contribution in [-0.2, 0) is 38.9 Å². The third-order valence-electron chi connectivity index (χ3n) is 18.7. The minimum atomic E-state index is 0.0454. The number of unbranched alkanes of at least 4 members (excludes halogenated alkanes) is 3. The Labute approximate surface area is 432 Å². The van der Waals surface area contributed by atoms with Gasteiger partial charge in [-0.25, -0.2) is 0 Å². The van der Waals surface area contributed by atoms with Gasteiger partial charge >= 0.3 is 0 Å². The molecule has 1 radical (unpaired) electrons. The maximum atomic E-state index is 4.23. The summed E-state index contributed by atoms with van der Waals surface area (Å²) >= 11 is 1.96. The molecule has 1 aromatic heterocycles. The van der Waals surface area contributed by atoms with E-state index in [0.717, 1.165) is 6.42 Å². The fraction of sp³-hybridized carbons (Fsp3) is 0.463. The lowest BCUT2D eigenvalue weighted by atomic mass is 9.57. The summed E-state index contributed by atoms with van der Waals surface area (Å²) in [5.41, 5.74) is 24.0. The van der Waals surface area contributed by atoms with Crippen molar-refractivity contribution in [2.45, 2.75) is 200 Å². The van der Waals surface area contributed by atoms with Crippen LogP contribution in [0.1, 0.15) is 199 Å². The zero-order chi connectivity index (χ0) is 50.2. The van der Waals surface area contributed by atoms with Crippen LogP contribution in [0.3, 0.4) is 0 Å². The minimum absolute atomic E-state index is 0.0454. The number of thiophene rings is 1. The molecule has 0 saturated carbocycles. The average Bonchev–Trinajstić information content (AvgIpc) is 3.71. The highest BCUT2D eigenvalue weighted by molar-refractivity contribution is 7.27. The first-order valence-electron chi connectivity index (χ1n) is 27.5. The van der Waals surface area contributed by atoms with E-state index in [-0.39, 0.29) is 32.5 Å². The van der Waals surface area contributed by atoms with Crippen LogP contribution in [0.15, 0.2) is 91.0 Å². The Morgan fingerprint density at radius 3 is 1.76 bits per heavy atom. The van der Waals surface area contributed by atoms with E-state index < -0.39 is 0 Å². The van der Waals surface area contributed by atoms with Crippen LogP contribution in [0.5, 0.6) is 0 Å². The number of hydrogen-bond donors (Lipinski definition) is 1. The number of rotatable bonds is 9. The van der Waals surface area contributed by atoms with Gasteiger partial charge in [-0.15, -0.1) is 11.3 Å². The largest absolute Gasteiger partial charge is 0.355 e. The first kappa shape index (κ1) is 48.5. The number of aryl methyl sites for hydroxylation is 2. The van der Waals surface area contributed by atoms with Crippen LogP contribution in [0, 0.1) is 6.92 Å². The highest BCUT2D eigenvalue weighted by Gasteiger charge is 2.42. The van der Waals surface area contributed by atoms with E-state index in [1.807, 2.05) is 11.3 Å². The molecule has 1 N–H and O–H groups in total. The van der Waals surface area contributed by atoms with Crippen LogP contribution in [-0.4, -0.2) is 7.28 Å². The van der Waals surface area contributed by atoms with Crippen LogP contribution in [0.25, 0.3) is 31.3 Å². The van der Waals surface area contributed by atoms with Crippen molar-refractivity contribution in [3.8, 4) is 11.1 Å². The molecule has 7 aromatic rings. The lowest BCUT2D eigenvalue weighted by Gasteiger charge is -2.44. The van der Waals surface area contributed by atoms with Crippen molar-refractivity contribution in [2.75, 3.05) is 10.2 Å². The van der Waals surface area contributed by atoms with Gasteiger partial charge in [-0.3, -0.25) is 0 Å². The van der Waals surface area contributed by atoms with Crippen molar-refractivity contribution >= 4 is 78.2 Å². The summed E-state index contributed by atoms with van der Waals surface area (Å²) in [6.45, 7) is 34.4. The van der Waals surface area contributed by atoms with Crippen molar-refractivity contribution in [3.05, 3.63) is 136 Å². The van der Waals surface area contributed by atoms with E-state index in [1.165, 1.54) is 179 Å². The zero-order valence-electron chi connectivity index (χ0n) is 45.9. The molecule has 0 bridgehead atoms. The second-order valence-corrected chi connectivity index (χ2v) is 27.7. The number of fused-ring (bicyclic) bond motifs is 9. The number of nitrogens with one attached hydrogen (secondary N) is 1. The Hall–Kier alpha value is -4.80. The summed E-state index contributed by atoms with van der Waals surface area (Å²) in [4.78, 5) is 2.71. The van der Waals surface area contributed by atoms with E-state index in [0.29, 0.717) is 0 Å². The van der Waals surface area contributed by atoms with Gasteiger partial charge in [0.1, 0.15) is 0 Å². The van der Waals surface area contributed by atoms with E-state index in [9.17, 15) is 0 Å². The molecule has 0 fully saturated rings. The first-order chi connectivity index (χ1) is 33.5. The smallest absolute Gasteiger partial charge is 0.199 e. The number of benzene rings is 6. The topological polar surface area (TPSA) is 15.3 Å². The molecule has 4 heteroatoms. The molecule has 0 unspecified atom stereocenters. The van der Waals surface area contributed by atoms with Crippen LogP contribution in [0.2, 0.25) is 0 Å². The van der Waals surface area contributed by atoms with Gasteiger partial charge in [-0.1, -0.05) is 152 Å². The molecule has 71 heavy (non-hydrogen) atoms. The van der Waals surface area contributed by atoms with Crippen molar-refractivity contribution in [3.63, 3.8) is 0 Å². The van der Waals surface area contributed by atoms with E-state index in [1.54, 1.807) is 0 Å². The molecule has 2 nitrogen and oxygen atoms in total. The summed E-state index contributed by atoms with van der Waals surface area (Å²) in [5.74, 6) is 0. The number of nitrogens with zero attached hydrogens (tertiary/aromatic N) is 1. The highest BCUT2D eigenvalue weighted by Crippen LogP contribution is 2.53. The van der Waals surface area contributed by atoms with Gasteiger partial charge in [0.25, 0.3) is 0 Å². The molecule has 0 atom stereocenters. The standard InChI is InChI=1S/C67H80BN2S/c1-15-16-17-18-21-42-35-47(46-38-51-52(66(11,12)32-31-65(51,9)10)39-54(46)69-43-24-26-48-50(37-43)64(7,8)29-28-62(48,3)4)59-57(36-42)70(56-40-53-49(34-41(56)2)63(5,6)30-33-67(53,13)14)55-27-25-45-44-22-19-20-23-58(44)71-61(45)60(55)68-59/h19-20,22-27,34-40,69H,15-18,21,28-33H2,1-14H3. The Balaban J connectivity index is 1.21. The molecule has 0 amide bonds. The fourth-order valence-electron chi connectivity index (χ4n) is 13.5. The van der Waals surface area contributed by atoms with Gasteiger partial charge in [0.05, 0.1) is 0 Å². The normalized spacial score (nSPS) is 19.5. The number of hydrogen-bond acceptors (Lipinski definition) is 3. The second kappa shape index (κ2) is 16.9. The van der Waals surface area contributed by atoms with E-state index in [4.69, 9.17) is 0 Å². The predicted molar refractivity (Wildman–Crippen MR) is 313 cm³/mol. The van der Waals surface area contributed by atoms with Crippen LogP contribution >= 0.6 is 11.3 Å². The van der Waals surface area contributed by atoms with Crippen LogP contribution < -0.4 is 21.1 Å². The van der Waals surface area contributed by atoms with Gasteiger partial charge < -0.3 is 10.2 Å². The molecule has 367 valence electrons. The molecule has 0 saturated heterocycles. The van der Waals surface area contributed by atoms with Crippen molar-refractivity contribution in [1.82, 2.24) is 0 Å². The summed E-state index contributed by atoms with van der Waals surface area (Å²) in [6.07, 6.45) is 13.2. The van der Waals surface area contributed by atoms with Gasteiger partial charge in [0.2, 0.25) is 0 Å². The monoisotopic (exact) mass is 956 g/mol. The van der Waals surface area contributed by atoms with Crippen molar-refractivity contribution in [1.29, 1.82) is 0 Å². The fourth-order valence-corrected chi connectivity index (χ4v) is 14.8. The van der Waals surface area contributed by atoms with Gasteiger partial charge in [-0.2, -0.15) is 0 Å². The molecular weight excluding hydrogens is 876 g/mol. The minimum Gasteiger partial charge on any atom is -0.355 e. The molecular formula is C67H80BN2S. The molecule has 11 rings (SSSR count). The van der Waals surface area contributed by atoms with Gasteiger partial charge in [0.15, 0.2) is 7.28 Å². The maximum absolute atomic E-state index is 4.23. The molecule has 1 aliphatic heterocycles. The summed E-state index contributed by atoms with van der Waals surface area (Å²) in [6, 6.07) is 36.9. The summed E-state index contributed by atoms with van der Waals surface area (Å²) in [5, 5.41) is 6.93. The lowest BCUT2D eigenvalue weighted by Crippen LogP contribution is -2.42. The molecule has 0 spiro atoms. The molecule has 6 aromatic carbocycles. The SMILES string of the molecule is CCCCCCc1cc(-c2cc3c(cc2Nc2ccc4c(c2)C(C)(C)CCC4(C)C)C(C)(C)CCC3(C)C)c2c(c1)N(c1cc3c(cc1C)C(C)(C)CCC3(C)C)c1ccc3c(sc4ccccc43)c1[B]2. The van der Waals surface area contributed by atoms with Gasteiger partial charge in [-0.05, 0) is 206 Å². The zero-order valence-corrected chi connectivity index (χ0v) is 46.7. The third kappa shape index (κ3) is 8.11. The lowest BCUT2D eigenvalue weighted by molar-refractivity contribution is 0.332. The Bertz CT molecular complexity index is 3280. The maximum Gasteiger partial charge on any atom is 0.199 e. The Morgan fingerprint density at radius 1 is 0.507 bits per heavy atom. The molecule has 4 aliphatic rings. The molecule has 3 aliphatic carbocycles. The van der Waals surface area contributed by atoms with E-state index >= 15 is 0 Å². The van der Waals surface area contributed by atoms with Crippen molar-refractivity contribution in [2.24, 2.45) is 0 Å². The first-order valence-corrected chi connectivity index (χ1v) is 28.3. The van der Waals surface area contributed by atoms with Crippen molar-refractivity contribution < 1.29 is 0 Å². The Morgan fingerprint density at radius 2 is 1.10 bits per heavy atom. The highest BCUT2D eigenvalue weighted by atomic mass is 32.1. The van der Waals surface area contributed by atoms with E-state index in [2.05, 4.69) is 205 Å².